The van der Waals surface area contributed by atoms with Crippen molar-refractivity contribution in [1.82, 2.24) is 9.78 Å². The second-order valence-corrected chi connectivity index (χ2v) is 6.66. The standard InChI is InChI=1S/C17H18ClF3N4O2/c1-24-7-3-4-11-15(17(19,20)21)23-25(16(11)24)9-14(26)22-12-8-10(18)5-6-13(12)27-2/h5-6,8H,3-4,7,9H2,1-2H3,(H,22,26). The summed E-state index contributed by atoms with van der Waals surface area (Å²) in [6.07, 6.45) is -3.69. The second-order valence-electron chi connectivity index (χ2n) is 6.22. The van der Waals surface area contributed by atoms with Crippen molar-refractivity contribution >= 4 is 29.0 Å². The van der Waals surface area contributed by atoms with Gasteiger partial charge >= 0.3 is 6.18 Å². The number of hydrogen-bond acceptors (Lipinski definition) is 4. The first kappa shape index (κ1) is 19.3. The molecule has 0 saturated heterocycles. The van der Waals surface area contributed by atoms with E-state index in [0.29, 0.717) is 35.2 Å². The van der Waals surface area contributed by atoms with Gasteiger partial charge in [-0.1, -0.05) is 11.6 Å². The largest absolute Gasteiger partial charge is 0.495 e. The van der Waals surface area contributed by atoms with Crippen LogP contribution in [-0.4, -0.2) is 36.4 Å². The van der Waals surface area contributed by atoms with Gasteiger partial charge < -0.3 is 15.0 Å². The molecule has 0 bridgehead atoms. The third-order valence-electron chi connectivity index (χ3n) is 4.30. The van der Waals surface area contributed by atoms with E-state index in [1.165, 1.54) is 13.2 Å². The predicted octanol–water partition coefficient (Wildman–Crippen LogP) is 3.59. The second kappa shape index (κ2) is 7.30. The molecule has 2 heterocycles. The number of carbonyl (C=O) groups excluding carboxylic acids is 1. The molecule has 2 aromatic rings. The minimum Gasteiger partial charge on any atom is -0.495 e. The van der Waals surface area contributed by atoms with Crippen LogP contribution in [-0.2, 0) is 23.9 Å². The van der Waals surface area contributed by atoms with Crippen LogP contribution in [0.3, 0.4) is 0 Å². The molecule has 0 unspecified atom stereocenters. The molecule has 0 aliphatic carbocycles. The average Bonchev–Trinajstić information content (AvgIpc) is 2.95. The fourth-order valence-corrected chi connectivity index (χ4v) is 3.36. The molecule has 3 rings (SSSR count). The molecule has 1 aromatic heterocycles. The van der Waals surface area contributed by atoms with Crippen molar-refractivity contribution in [1.29, 1.82) is 0 Å². The molecule has 6 nitrogen and oxygen atoms in total. The van der Waals surface area contributed by atoms with Gasteiger partial charge in [-0.2, -0.15) is 18.3 Å². The van der Waals surface area contributed by atoms with Gasteiger partial charge in [0.2, 0.25) is 5.91 Å². The van der Waals surface area contributed by atoms with Crippen LogP contribution >= 0.6 is 11.6 Å². The first-order valence-electron chi connectivity index (χ1n) is 8.22. The predicted molar refractivity (Wildman–Crippen MR) is 95.5 cm³/mol. The Morgan fingerprint density at radius 2 is 2.15 bits per heavy atom. The van der Waals surface area contributed by atoms with Crippen molar-refractivity contribution in [3.63, 3.8) is 0 Å². The van der Waals surface area contributed by atoms with Gasteiger partial charge in [0, 0.05) is 24.2 Å². The van der Waals surface area contributed by atoms with Crippen LogP contribution in [0.25, 0.3) is 0 Å². The van der Waals surface area contributed by atoms with Crippen molar-refractivity contribution in [2.45, 2.75) is 25.6 Å². The van der Waals surface area contributed by atoms with E-state index in [4.69, 9.17) is 16.3 Å². The molecule has 0 fully saturated rings. The third-order valence-corrected chi connectivity index (χ3v) is 4.54. The molecule has 1 amide bonds. The van der Waals surface area contributed by atoms with E-state index in [0.717, 1.165) is 4.68 Å². The van der Waals surface area contributed by atoms with Crippen molar-refractivity contribution in [2.75, 3.05) is 30.9 Å². The van der Waals surface area contributed by atoms with Gasteiger partial charge in [-0.15, -0.1) is 0 Å². The third kappa shape index (κ3) is 3.97. The van der Waals surface area contributed by atoms with Crippen LogP contribution in [0, 0.1) is 0 Å². The summed E-state index contributed by atoms with van der Waals surface area (Å²) in [6, 6.07) is 4.69. The van der Waals surface area contributed by atoms with Crippen LogP contribution in [0.4, 0.5) is 24.7 Å². The Kier molecular flexibility index (Phi) is 5.23. The molecule has 1 aliphatic heterocycles. The topological polar surface area (TPSA) is 59.4 Å². The van der Waals surface area contributed by atoms with Gasteiger partial charge in [0.15, 0.2) is 5.69 Å². The number of aromatic nitrogens is 2. The van der Waals surface area contributed by atoms with Crippen LogP contribution < -0.4 is 15.0 Å². The highest BCUT2D eigenvalue weighted by Crippen LogP contribution is 2.38. The zero-order valence-corrected chi connectivity index (χ0v) is 15.5. The summed E-state index contributed by atoms with van der Waals surface area (Å²) in [6.45, 7) is 0.234. The number of ether oxygens (including phenoxy) is 1. The zero-order valence-electron chi connectivity index (χ0n) is 14.7. The van der Waals surface area contributed by atoms with Crippen LogP contribution in [0.15, 0.2) is 18.2 Å². The van der Waals surface area contributed by atoms with Crippen molar-refractivity contribution < 1.29 is 22.7 Å². The number of methoxy groups -OCH3 is 1. The Labute approximate surface area is 158 Å². The average molecular weight is 403 g/mol. The highest BCUT2D eigenvalue weighted by atomic mass is 35.5. The molecule has 27 heavy (non-hydrogen) atoms. The summed E-state index contributed by atoms with van der Waals surface area (Å²) in [4.78, 5) is 14.1. The first-order valence-corrected chi connectivity index (χ1v) is 8.60. The fraction of sp³-hybridized carbons (Fsp3) is 0.412. The lowest BCUT2D eigenvalue weighted by Crippen LogP contribution is -2.29. The monoisotopic (exact) mass is 402 g/mol. The lowest BCUT2D eigenvalue weighted by Gasteiger charge is -2.26. The van der Waals surface area contributed by atoms with E-state index in [1.807, 2.05) is 0 Å². The molecular weight excluding hydrogens is 385 g/mol. The molecular formula is C17H18ClF3N4O2. The van der Waals surface area contributed by atoms with E-state index in [1.54, 1.807) is 24.1 Å². The van der Waals surface area contributed by atoms with E-state index in [2.05, 4.69) is 10.4 Å². The van der Waals surface area contributed by atoms with Crippen LogP contribution in [0.5, 0.6) is 5.75 Å². The summed E-state index contributed by atoms with van der Waals surface area (Å²) in [5.41, 5.74) is -0.470. The Morgan fingerprint density at radius 1 is 1.41 bits per heavy atom. The van der Waals surface area contributed by atoms with E-state index >= 15 is 0 Å². The van der Waals surface area contributed by atoms with Crippen molar-refractivity contribution in [3.05, 3.63) is 34.5 Å². The number of hydrogen-bond donors (Lipinski definition) is 1. The first-order chi connectivity index (χ1) is 12.7. The van der Waals surface area contributed by atoms with Gasteiger partial charge in [0.1, 0.15) is 18.1 Å². The maximum Gasteiger partial charge on any atom is 0.435 e. The summed E-state index contributed by atoms with van der Waals surface area (Å²) in [5, 5.41) is 6.69. The number of alkyl halides is 3. The van der Waals surface area contributed by atoms with Gasteiger partial charge in [-0.3, -0.25) is 4.79 Å². The number of fused-ring (bicyclic) bond motifs is 1. The lowest BCUT2D eigenvalue weighted by atomic mass is 10.1. The van der Waals surface area contributed by atoms with Gasteiger partial charge in [-0.05, 0) is 31.0 Å². The highest BCUT2D eigenvalue weighted by Gasteiger charge is 2.40. The molecule has 1 N–H and O–H groups in total. The molecule has 10 heteroatoms. The molecule has 0 saturated carbocycles. The van der Waals surface area contributed by atoms with Crippen LogP contribution in [0.1, 0.15) is 17.7 Å². The number of amides is 1. The summed E-state index contributed by atoms with van der Waals surface area (Å²) in [7, 11) is 3.13. The van der Waals surface area contributed by atoms with E-state index in [9.17, 15) is 18.0 Å². The molecule has 1 aliphatic rings. The highest BCUT2D eigenvalue weighted by molar-refractivity contribution is 6.31. The minimum atomic E-state index is -4.57. The molecule has 146 valence electrons. The SMILES string of the molecule is COc1ccc(Cl)cc1NC(=O)Cn1nc(C(F)(F)F)c2c1N(C)CCC2. The van der Waals surface area contributed by atoms with Gasteiger partial charge in [-0.25, -0.2) is 4.68 Å². The Morgan fingerprint density at radius 3 is 2.81 bits per heavy atom. The molecule has 0 radical (unpaired) electrons. The Balaban J connectivity index is 1.89. The maximum atomic E-state index is 13.3. The van der Waals surface area contributed by atoms with Gasteiger partial charge in [0.05, 0.1) is 12.8 Å². The van der Waals surface area contributed by atoms with E-state index in [-0.39, 0.29) is 18.5 Å². The molecule has 1 aromatic carbocycles. The summed E-state index contributed by atoms with van der Waals surface area (Å²) in [5.74, 6) is 0.179. The number of nitrogens with one attached hydrogen (secondary N) is 1. The Bertz CT molecular complexity index is 867. The number of halogens is 4. The molecule has 0 spiro atoms. The Hall–Kier alpha value is -2.42. The number of nitrogens with zero attached hydrogens (tertiary/aromatic N) is 3. The number of benzene rings is 1. The molecule has 0 atom stereocenters. The number of anilines is 2. The lowest BCUT2D eigenvalue weighted by molar-refractivity contribution is -0.142. The normalized spacial score (nSPS) is 14.1. The number of rotatable bonds is 4. The van der Waals surface area contributed by atoms with Crippen molar-refractivity contribution in [3.8, 4) is 5.75 Å². The summed E-state index contributed by atoms with van der Waals surface area (Å²) >= 11 is 5.93. The van der Waals surface area contributed by atoms with Gasteiger partial charge in [0.25, 0.3) is 0 Å². The minimum absolute atomic E-state index is 0.129. The quantitative estimate of drug-likeness (QED) is 0.849. The fourth-order valence-electron chi connectivity index (χ4n) is 3.19. The van der Waals surface area contributed by atoms with Crippen molar-refractivity contribution in [2.24, 2.45) is 0 Å². The maximum absolute atomic E-state index is 13.3. The van der Waals surface area contributed by atoms with Crippen LogP contribution in [0.2, 0.25) is 5.02 Å². The zero-order chi connectivity index (χ0) is 19.8. The van der Waals surface area contributed by atoms with E-state index < -0.39 is 17.8 Å². The number of carbonyl (C=O) groups is 1. The smallest absolute Gasteiger partial charge is 0.435 e. The summed E-state index contributed by atoms with van der Waals surface area (Å²) < 4.78 is 46.2.